The third-order valence-electron chi connectivity index (χ3n) is 4.08. The SMILES string of the molecule is CCCn1c(SCCC(=O)N2CCNCC2)nc2ccccc21. The molecular formula is C17H24N4OS. The topological polar surface area (TPSA) is 50.2 Å². The van der Waals surface area contributed by atoms with E-state index in [1.807, 2.05) is 11.0 Å². The number of hydrogen-bond donors (Lipinski definition) is 1. The molecule has 1 fully saturated rings. The molecule has 2 aromatic rings. The average molecular weight is 332 g/mol. The number of amides is 1. The molecule has 124 valence electrons. The minimum absolute atomic E-state index is 0.261. The lowest BCUT2D eigenvalue weighted by atomic mass is 10.3. The molecule has 6 heteroatoms. The first-order valence-electron chi connectivity index (χ1n) is 8.36. The largest absolute Gasteiger partial charge is 0.340 e. The minimum atomic E-state index is 0.261. The van der Waals surface area contributed by atoms with Crippen LogP contribution in [0.5, 0.6) is 0 Å². The highest BCUT2D eigenvalue weighted by atomic mass is 32.2. The number of nitrogens with zero attached hydrogens (tertiary/aromatic N) is 3. The summed E-state index contributed by atoms with van der Waals surface area (Å²) in [5, 5.41) is 4.30. The van der Waals surface area contributed by atoms with Crippen molar-refractivity contribution in [2.24, 2.45) is 0 Å². The number of fused-ring (bicyclic) bond motifs is 1. The van der Waals surface area contributed by atoms with Crippen LogP contribution in [0.15, 0.2) is 29.4 Å². The van der Waals surface area contributed by atoms with Gasteiger partial charge in [-0.05, 0) is 18.6 Å². The van der Waals surface area contributed by atoms with Crippen LogP contribution in [0.2, 0.25) is 0 Å². The van der Waals surface area contributed by atoms with E-state index in [-0.39, 0.29) is 5.91 Å². The van der Waals surface area contributed by atoms with Crippen molar-refractivity contribution in [2.75, 3.05) is 31.9 Å². The fourth-order valence-electron chi connectivity index (χ4n) is 2.91. The highest BCUT2D eigenvalue weighted by molar-refractivity contribution is 7.99. The summed E-state index contributed by atoms with van der Waals surface area (Å²) in [5.41, 5.74) is 2.22. The second-order valence-electron chi connectivity index (χ2n) is 5.76. The summed E-state index contributed by atoms with van der Waals surface area (Å²) < 4.78 is 2.27. The van der Waals surface area contributed by atoms with Crippen LogP contribution < -0.4 is 5.32 Å². The van der Waals surface area contributed by atoms with Gasteiger partial charge in [-0.3, -0.25) is 4.79 Å². The number of para-hydroxylation sites is 2. The van der Waals surface area contributed by atoms with Gasteiger partial charge in [-0.1, -0.05) is 30.8 Å². The monoisotopic (exact) mass is 332 g/mol. The first-order valence-corrected chi connectivity index (χ1v) is 9.34. The molecule has 5 nitrogen and oxygen atoms in total. The summed E-state index contributed by atoms with van der Waals surface area (Å²) >= 11 is 1.69. The standard InChI is InChI=1S/C17H24N4OS/c1-2-10-21-15-6-4-3-5-14(15)19-17(21)23-13-7-16(22)20-11-8-18-9-12-20/h3-6,18H,2,7-13H2,1H3. The van der Waals surface area contributed by atoms with Crippen molar-refractivity contribution >= 4 is 28.7 Å². The Morgan fingerprint density at radius 3 is 2.87 bits per heavy atom. The number of hydrogen-bond acceptors (Lipinski definition) is 4. The lowest BCUT2D eigenvalue weighted by Gasteiger charge is -2.27. The van der Waals surface area contributed by atoms with E-state index in [9.17, 15) is 4.79 Å². The van der Waals surface area contributed by atoms with E-state index in [0.717, 1.165) is 55.6 Å². The Morgan fingerprint density at radius 2 is 2.09 bits per heavy atom. The fraction of sp³-hybridized carbons (Fsp3) is 0.529. The van der Waals surface area contributed by atoms with Gasteiger partial charge in [-0.2, -0.15) is 0 Å². The van der Waals surface area contributed by atoms with Crippen LogP contribution in [0.4, 0.5) is 0 Å². The summed E-state index contributed by atoms with van der Waals surface area (Å²) in [6.45, 7) is 6.62. The molecule has 1 aliphatic rings. The van der Waals surface area contributed by atoms with Gasteiger partial charge in [0.15, 0.2) is 5.16 Å². The van der Waals surface area contributed by atoms with Crippen LogP contribution in [0.25, 0.3) is 11.0 Å². The van der Waals surface area contributed by atoms with Crippen molar-refractivity contribution in [3.63, 3.8) is 0 Å². The predicted octanol–water partition coefficient (Wildman–Crippen LogP) is 2.36. The predicted molar refractivity (Wildman–Crippen MR) is 94.8 cm³/mol. The third kappa shape index (κ3) is 3.87. The molecule has 1 aromatic heterocycles. The van der Waals surface area contributed by atoms with E-state index in [0.29, 0.717) is 6.42 Å². The zero-order valence-electron chi connectivity index (χ0n) is 13.6. The molecular weight excluding hydrogens is 308 g/mol. The van der Waals surface area contributed by atoms with E-state index >= 15 is 0 Å². The second kappa shape index (κ2) is 7.84. The molecule has 0 radical (unpaired) electrons. The molecule has 1 aliphatic heterocycles. The summed E-state index contributed by atoms with van der Waals surface area (Å²) in [5.74, 6) is 1.05. The maximum atomic E-state index is 12.2. The van der Waals surface area contributed by atoms with Gasteiger partial charge in [0.1, 0.15) is 0 Å². The Labute approximate surface area is 141 Å². The van der Waals surface area contributed by atoms with Gasteiger partial charge in [0.25, 0.3) is 0 Å². The maximum Gasteiger partial charge on any atom is 0.223 e. The molecule has 0 aliphatic carbocycles. The Kier molecular flexibility index (Phi) is 5.56. The van der Waals surface area contributed by atoms with E-state index in [1.54, 1.807) is 11.8 Å². The number of carbonyl (C=O) groups is 1. The van der Waals surface area contributed by atoms with Crippen molar-refractivity contribution in [1.29, 1.82) is 0 Å². The zero-order chi connectivity index (χ0) is 16.1. The molecule has 3 rings (SSSR count). The Bertz CT molecular complexity index is 664. The quantitative estimate of drug-likeness (QED) is 0.825. The van der Waals surface area contributed by atoms with Crippen LogP contribution >= 0.6 is 11.8 Å². The number of carbonyl (C=O) groups excluding carboxylic acids is 1. The first kappa shape index (κ1) is 16.3. The van der Waals surface area contributed by atoms with Crippen molar-refractivity contribution in [2.45, 2.75) is 31.5 Å². The molecule has 0 bridgehead atoms. The zero-order valence-corrected chi connectivity index (χ0v) is 14.4. The normalized spacial score (nSPS) is 15.3. The van der Waals surface area contributed by atoms with Crippen LogP contribution in [0, 0.1) is 0 Å². The molecule has 1 saturated heterocycles. The van der Waals surface area contributed by atoms with Gasteiger partial charge in [0.2, 0.25) is 5.91 Å². The van der Waals surface area contributed by atoms with Crippen LogP contribution in [0.1, 0.15) is 19.8 Å². The fourth-order valence-corrected chi connectivity index (χ4v) is 3.87. The molecule has 2 heterocycles. The Hall–Kier alpha value is -1.53. The highest BCUT2D eigenvalue weighted by Crippen LogP contribution is 2.25. The van der Waals surface area contributed by atoms with Gasteiger partial charge in [0.05, 0.1) is 11.0 Å². The first-order chi connectivity index (χ1) is 11.3. The van der Waals surface area contributed by atoms with Crippen molar-refractivity contribution in [3.05, 3.63) is 24.3 Å². The molecule has 0 saturated carbocycles. The van der Waals surface area contributed by atoms with Gasteiger partial charge < -0.3 is 14.8 Å². The van der Waals surface area contributed by atoms with Crippen LogP contribution in [-0.2, 0) is 11.3 Å². The average Bonchev–Trinajstić information content (AvgIpc) is 2.94. The number of benzene rings is 1. The number of thioether (sulfide) groups is 1. The maximum absolute atomic E-state index is 12.2. The summed E-state index contributed by atoms with van der Waals surface area (Å²) in [4.78, 5) is 18.9. The third-order valence-corrected chi connectivity index (χ3v) is 5.06. The molecule has 0 atom stereocenters. The summed E-state index contributed by atoms with van der Waals surface area (Å²) in [6.07, 6.45) is 1.66. The van der Waals surface area contributed by atoms with Crippen LogP contribution in [-0.4, -0.2) is 52.3 Å². The van der Waals surface area contributed by atoms with E-state index < -0.39 is 0 Å². The van der Waals surface area contributed by atoms with Crippen molar-refractivity contribution in [1.82, 2.24) is 19.8 Å². The summed E-state index contributed by atoms with van der Waals surface area (Å²) in [6, 6.07) is 8.25. The number of rotatable bonds is 6. The Balaban J connectivity index is 1.62. The van der Waals surface area contributed by atoms with E-state index in [4.69, 9.17) is 4.98 Å². The molecule has 1 N–H and O–H groups in total. The van der Waals surface area contributed by atoms with Gasteiger partial charge in [-0.15, -0.1) is 0 Å². The number of nitrogens with one attached hydrogen (secondary N) is 1. The van der Waals surface area contributed by atoms with Crippen molar-refractivity contribution in [3.8, 4) is 0 Å². The lowest BCUT2D eigenvalue weighted by molar-refractivity contribution is -0.131. The molecule has 1 amide bonds. The molecule has 1 aromatic carbocycles. The highest BCUT2D eigenvalue weighted by Gasteiger charge is 2.16. The van der Waals surface area contributed by atoms with E-state index in [1.165, 1.54) is 5.52 Å². The molecule has 23 heavy (non-hydrogen) atoms. The van der Waals surface area contributed by atoms with E-state index in [2.05, 4.69) is 35.0 Å². The second-order valence-corrected chi connectivity index (χ2v) is 6.83. The number of piperazine rings is 1. The van der Waals surface area contributed by atoms with Gasteiger partial charge >= 0.3 is 0 Å². The van der Waals surface area contributed by atoms with Crippen LogP contribution in [0.3, 0.4) is 0 Å². The lowest BCUT2D eigenvalue weighted by Crippen LogP contribution is -2.46. The van der Waals surface area contributed by atoms with Gasteiger partial charge in [0, 0.05) is 44.9 Å². The van der Waals surface area contributed by atoms with Crippen molar-refractivity contribution < 1.29 is 4.79 Å². The molecule has 0 spiro atoms. The minimum Gasteiger partial charge on any atom is -0.340 e. The molecule has 0 unspecified atom stereocenters. The number of aryl methyl sites for hydroxylation is 1. The Morgan fingerprint density at radius 1 is 1.30 bits per heavy atom. The summed E-state index contributed by atoms with van der Waals surface area (Å²) in [7, 11) is 0. The number of aromatic nitrogens is 2. The smallest absolute Gasteiger partial charge is 0.223 e. The number of imidazole rings is 1. The van der Waals surface area contributed by atoms with Gasteiger partial charge in [-0.25, -0.2) is 4.98 Å².